The largest absolute Gasteiger partial charge is 0.345 e. The number of hydrogen-bond donors (Lipinski definition) is 0. The van der Waals surface area contributed by atoms with Crippen LogP contribution < -0.4 is 0 Å². The zero-order valence-corrected chi connectivity index (χ0v) is 9.43. The Bertz CT molecular complexity index is 443. The molecule has 2 heteroatoms. The minimum atomic E-state index is 1.03. The number of hydrogen-bond acceptors (Lipinski definition) is 0. The molecule has 2 aromatic rings. The summed E-state index contributed by atoms with van der Waals surface area (Å²) in [5.41, 5.74) is 2.64. The predicted octanol–water partition coefficient (Wildman–Crippen LogP) is 3.73. The second-order valence-electron chi connectivity index (χ2n) is 3.23. The lowest BCUT2D eigenvalue weighted by molar-refractivity contribution is 0.769. The van der Waals surface area contributed by atoms with Gasteiger partial charge in [0.05, 0.1) is 0 Å². The average Bonchev–Trinajstić information content (AvgIpc) is 2.40. The quantitative estimate of drug-likeness (QED) is 0.713. The summed E-state index contributed by atoms with van der Waals surface area (Å²) in [4.78, 5) is 0. The molecule has 0 saturated heterocycles. The molecule has 13 heavy (non-hydrogen) atoms. The van der Waals surface area contributed by atoms with E-state index in [1.165, 1.54) is 16.6 Å². The number of rotatable bonds is 1. The molecule has 0 atom stereocenters. The maximum absolute atomic E-state index is 3.49. The van der Waals surface area contributed by atoms with Crippen molar-refractivity contribution >= 4 is 26.8 Å². The van der Waals surface area contributed by atoms with Crippen molar-refractivity contribution in [3.05, 3.63) is 34.4 Å². The van der Waals surface area contributed by atoms with Crippen LogP contribution in [0.1, 0.15) is 12.6 Å². The second-order valence-corrected chi connectivity index (χ2v) is 4.15. The van der Waals surface area contributed by atoms with Gasteiger partial charge >= 0.3 is 0 Å². The third-order valence-corrected chi connectivity index (χ3v) is 2.88. The Morgan fingerprint density at radius 1 is 1.31 bits per heavy atom. The van der Waals surface area contributed by atoms with Crippen molar-refractivity contribution in [3.8, 4) is 0 Å². The molecule has 2 rings (SSSR count). The van der Waals surface area contributed by atoms with E-state index in [2.05, 4.69) is 58.6 Å². The van der Waals surface area contributed by atoms with Gasteiger partial charge < -0.3 is 4.57 Å². The molecule has 0 spiro atoms. The molecule has 0 bridgehead atoms. The van der Waals surface area contributed by atoms with E-state index in [0.29, 0.717) is 0 Å². The number of aryl methyl sites for hydroxylation is 2. The molecule has 0 aliphatic heterocycles. The Morgan fingerprint density at radius 2 is 2.08 bits per heavy atom. The van der Waals surface area contributed by atoms with Gasteiger partial charge in [-0.1, -0.05) is 22.0 Å². The van der Waals surface area contributed by atoms with Gasteiger partial charge in [0.1, 0.15) is 0 Å². The summed E-state index contributed by atoms with van der Waals surface area (Å²) < 4.78 is 3.47. The fourth-order valence-corrected chi connectivity index (χ4v) is 2.13. The third-order valence-electron chi connectivity index (χ3n) is 2.39. The molecule has 68 valence electrons. The highest BCUT2D eigenvalue weighted by molar-refractivity contribution is 9.10. The second kappa shape index (κ2) is 3.18. The van der Waals surface area contributed by atoms with Crippen LogP contribution in [0.2, 0.25) is 0 Å². The van der Waals surface area contributed by atoms with Gasteiger partial charge in [-0.15, -0.1) is 0 Å². The minimum absolute atomic E-state index is 1.03. The highest BCUT2D eigenvalue weighted by Gasteiger charge is 2.03. The lowest BCUT2D eigenvalue weighted by atomic mass is 10.2. The van der Waals surface area contributed by atoms with E-state index in [4.69, 9.17) is 0 Å². The first kappa shape index (κ1) is 8.82. The topological polar surface area (TPSA) is 4.93 Å². The van der Waals surface area contributed by atoms with Crippen molar-refractivity contribution in [3.63, 3.8) is 0 Å². The summed E-state index contributed by atoms with van der Waals surface area (Å²) in [6, 6.07) is 8.64. The maximum Gasteiger partial charge on any atom is 0.0493 e. The summed E-state index contributed by atoms with van der Waals surface area (Å²) in [5, 5.41) is 1.32. The Hall–Kier alpha value is -0.760. The molecule has 1 nitrogen and oxygen atoms in total. The van der Waals surface area contributed by atoms with E-state index in [-0.39, 0.29) is 0 Å². The normalized spacial score (nSPS) is 11.0. The fourth-order valence-electron chi connectivity index (χ4n) is 1.79. The van der Waals surface area contributed by atoms with E-state index in [0.717, 1.165) is 11.0 Å². The Kier molecular flexibility index (Phi) is 2.16. The van der Waals surface area contributed by atoms with E-state index < -0.39 is 0 Å². The zero-order valence-electron chi connectivity index (χ0n) is 7.84. The van der Waals surface area contributed by atoms with Crippen molar-refractivity contribution in [2.75, 3.05) is 0 Å². The average molecular weight is 238 g/mol. The van der Waals surface area contributed by atoms with Crippen LogP contribution in [0.25, 0.3) is 10.9 Å². The standard InChI is InChI=1S/C11H12BrN/c1-3-13-8(2)6-9-4-5-10(12)7-11(9)13/h4-7H,3H2,1-2H3. The first-order chi connectivity index (χ1) is 6.22. The highest BCUT2D eigenvalue weighted by atomic mass is 79.9. The van der Waals surface area contributed by atoms with Crippen molar-refractivity contribution in [1.29, 1.82) is 0 Å². The minimum Gasteiger partial charge on any atom is -0.345 e. The van der Waals surface area contributed by atoms with Crippen LogP contribution in [-0.2, 0) is 6.54 Å². The number of aromatic nitrogens is 1. The molecule has 1 aromatic heterocycles. The van der Waals surface area contributed by atoms with Crippen LogP contribution in [0.4, 0.5) is 0 Å². The maximum atomic E-state index is 3.49. The summed E-state index contributed by atoms with van der Waals surface area (Å²) in [6.07, 6.45) is 0. The third kappa shape index (κ3) is 1.39. The van der Waals surface area contributed by atoms with Crippen molar-refractivity contribution < 1.29 is 0 Å². The molecule has 1 heterocycles. The van der Waals surface area contributed by atoms with Gasteiger partial charge in [0.2, 0.25) is 0 Å². The predicted molar refractivity (Wildman–Crippen MR) is 60.0 cm³/mol. The van der Waals surface area contributed by atoms with E-state index in [1.807, 2.05) is 0 Å². The monoisotopic (exact) mass is 237 g/mol. The van der Waals surface area contributed by atoms with Gasteiger partial charge in [-0.05, 0) is 37.4 Å². The van der Waals surface area contributed by atoms with Crippen molar-refractivity contribution in [2.24, 2.45) is 0 Å². The van der Waals surface area contributed by atoms with Gasteiger partial charge in [0, 0.05) is 22.2 Å². The van der Waals surface area contributed by atoms with Crippen LogP contribution in [-0.4, -0.2) is 4.57 Å². The van der Waals surface area contributed by atoms with Crippen LogP contribution in [0.5, 0.6) is 0 Å². The fraction of sp³-hybridized carbons (Fsp3) is 0.273. The molecular formula is C11H12BrN. The molecule has 0 fully saturated rings. The van der Waals surface area contributed by atoms with Gasteiger partial charge in [-0.25, -0.2) is 0 Å². The Labute approximate surface area is 86.5 Å². The molecule has 0 saturated carbocycles. The first-order valence-corrected chi connectivity index (χ1v) is 5.27. The van der Waals surface area contributed by atoms with Crippen LogP contribution >= 0.6 is 15.9 Å². The Balaban J connectivity index is 2.80. The summed E-state index contributed by atoms with van der Waals surface area (Å²) >= 11 is 3.49. The molecule has 0 radical (unpaired) electrons. The number of fused-ring (bicyclic) bond motifs is 1. The molecule has 0 aliphatic carbocycles. The van der Waals surface area contributed by atoms with Gasteiger partial charge in [-0.2, -0.15) is 0 Å². The van der Waals surface area contributed by atoms with Crippen molar-refractivity contribution in [1.82, 2.24) is 4.57 Å². The number of benzene rings is 1. The molecule has 0 aliphatic rings. The summed E-state index contributed by atoms with van der Waals surface area (Å²) in [6.45, 7) is 5.36. The van der Waals surface area contributed by atoms with Crippen molar-refractivity contribution in [2.45, 2.75) is 20.4 Å². The molecule has 0 N–H and O–H groups in total. The lowest BCUT2D eigenvalue weighted by Gasteiger charge is -2.03. The van der Waals surface area contributed by atoms with Gasteiger partial charge in [0.15, 0.2) is 0 Å². The number of halogens is 1. The van der Waals surface area contributed by atoms with Crippen LogP contribution in [0.3, 0.4) is 0 Å². The van der Waals surface area contributed by atoms with E-state index in [1.54, 1.807) is 0 Å². The smallest absolute Gasteiger partial charge is 0.0493 e. The first-order valence-electron chi connectivity index (χ1n) is 4.47. The summed E-state index contributed by atoms with van der Waals surface area (Å²) in [7, 11) is 0. The molecule has 0 amide bonds. The SMILES string of the molecule is CCn1c(C)cc2ccc(Br)cc21. The Morgan fingerprint density at radius 3 is 2.77 bits per heavy atom. The van der Waals surface area contributed by atoms with Crippen LogP contribution in [0, 0.1) is 6.92 Å². The van der Waals surface area contributed by atoms with Gasteiger partial charge in [-0.3, -0.25) is 0 Å². The van der Waals surface area contributed by atoms with Crippen LogP contribution in [0.15, 0.2) is 28.7 Å². The molecular weight excluding hydrogens is 226 g/mol. The lowest BCUT2D eigenvalue weighted by Crippen LogP contribution is -1.95. The van der Waals surface area contributed by atoms with E-state index >= 15 is 0 Å². The number of nitrogens with zero attached hydrogens (tertiary/aromatic N) is 1. The molecule has 1 aromatic carbocycles. The zero-order chi connectivity index (χ0) is 9.42. The summed E-state index contributed by atoms with van der Waals surface area (Å²) in [5.74, 6) is 0. The highest BCUT2D eigenvalue weighted by Crippen LogP contribution is 2.23. The molecule has 0 unspecified atom stereocenters. The van der Waals surface area contributed by atoms with E-state index in [9.17, 15) is 0 Å². The van der Waals surface area contributed by atoms with Gasteiger partial charge in [0.25, 0.3) is 0 Å².